The van der Waals surface area contributed by atoms with Crippen LogP contribution in [-0.4, -0.2) is 44.9 Å². The zero-order valence-corrected chi connectivity index (χ0v) is 16.4. The number of carbonyl (C=O) groups excluding carboxylic acids is 2. The van der Waals surface area contributed by atoms with Crippen molar-refractivity contribution in [1.82, 2.24) is 4.90 Å². The molecule has 0 atom stereocenters. The number of amides is 1. The summed E-state index contributed by atoms with van der Waals surface area (Å²) in [5, 5.41) is 5.08. The third kappa shape index (κ3) is 7.97. The minimum Gasteiger partial charge on any atom is -0.466 e. The summed E-state index contributed by atoms with van der Waals surface area (Å²) in [5.41, 5.74) is 0.885. The Bertz CT molecular complexity index is 699. The van der Waals surface area contributed by atoms with Crippen molar-refractivity contribution in [2.24, 2.45) is 11.1 Å². The smallest absolute Gasteiger partial charge is 0.307 e. The molecule has 146 valence electrons. The Morgan fingerprint density at radius 2 is 1.77 bits per heavy atom. The number of carbonyl (C=O) groups is 2. The Hall–Kier alpha value is -1.93. The van der Waals surface area contributed by atoms with Crippen LogP contribution >= 0.6 is 0 Å². The van der Waals surface area contributed by atoms with Gasteiger partial charge >= 0.3 is 5.97 Å². The molecule has 0 radical (unpaired) electrons. The van der Waals surface area contributed by atoms with Crippen LogP contribution in [0.3, 0.4) is 0 Å². The number of hydrogen-bond acceptors (Lipinski definition) is 5. The van der Waals surface area contributed by atoms with E-state index in [0.717, 1.165) is 5.56 Å². The van der Waals surface area contributed by atoms with E-state index in [9.17, 15) is 18.0 Å². The van der Waals surface area contributed by atoms with E-state index in [2.05, 4.69) is 0 Å². The van der Waals surface area contributed by atoms with Crippen molar-refractivity contribution in [3.63, 3.8) is 0 Å². The van der Waals surface area contributed by atoms with Gasteiger partial charge in [0.05, 0.1) is 17.9 Å². The fourth-order valence-electron chi connectivity index (χ4n) is 2.41. The molecule has 2 N–H and O–H groups in total. The summed E-state index contributed by atoms with van der Waals surface area (Å²) >= 11 is 0. The van der Waals surface area contributed by atoms with Gasteiger partial charge in [0.1, 0.15) is 0 Å². The lowest BCUT2D eigenvalue weighted by Crippen LogP contribution is -2.35. The number of nitrogens with two attached hydrogens (primary N) is 1. The first kappa shape index (κ1) is 22.1. The van der Waals surface area contributed by atoms with Gasteiger partial charge in [0.2, 0.25) is 15.9 Å². The zero-order valence-electron chi connectivity index (χ0n) is 15.6. The summed E-state index contributed by atoms with van der Waals surface area (Å²) in [6, 6.07) is 6.25. The highest BCUT2D eigenvalue weighted by molar-refractivity contribution is 7.89. The fraction of sp³-hybridized carbons (Fsp3) is 0.556. The summed E-state index contributed by atoms with van der Waals surface area (Å²) in [7, 11) is -3.72. The molecule has 26 heavy (non-hydrogen) atoms. The molecule has 0 unspecified atom stereocenters. The third-order valence-corrected chi connectivity index (χ3v) is 4.68. The molecule has 0 aromatic heterocycles. The molecule has 0 bridgehead atoms. The highest BCUT2D eigenvalue weighted by Crippen LogP contribution is 2.11. The van der Waals surface area contributed by atoms with Crippen LogP contribution in [0.1, 0.15) is 39.2 Å². The number of rotatable bonds is 10. The zero-order chi connectivity index (χ0) is 19.7. The highest BCUT2D eigenvalue weighted by Gasteiger charge is 2.17. The first-order valence-corrected chi connectivity index (χ1v) is 10.2. The molecular weight excluding hydrogens is 356 g/mol. The number of sulfonamides is 1. The van der Waals surface area contributed by atoms with Crippen LogP contribution in [0.5, 0.6) is 0 Å². The number of esters is 1. The molecule has 0 spiro atoms. The second-order valence-electron chi connectivity index (χ2n) is 6.47. The molecule has 0 saturated heterocycles. The van der Waals surface area contributed by atoms with E-state index in [1.54, 1.807) is 24.0 Å². The van der Waals surface area contributed by atoms with E-state index in [1.165, 1.54) is 12.1 Å². The molecular formula is C18H28N2O5S. The van der Waals surface area contributed by atoms with Crippen molar-refractivity contribution in [3.8, 4) is 0 Å². The summed E-state index contributed by atoms with van der Waals surface area (Å²) in [5.74, 6) is -0.112. The van der Waals surface area contributed by atoms with E-state index < -0.39 is 10.0 Å². The van der Waals surface area contributed by atoms with Crippen molar-refractivity contribution < 1.29 is 22.7 Å². The Morgan fingerprint density at radius 3 is 2.27 bits per heavy atom. The molecule has 0 aliphatic rings. The summed E-state index contributed by atoms with van der Waals surface area (Å²) in [6.45, 7) is 6.74. The van der Waals surface area contributed by atoms with Gasteiger partial charge in [0.25, 0.3) is 0 Å². The third-order valence-electron chi connectivity index (χ3n) is 3.75. The van der Waals surface area contributed by atoms with E-state index in [-0.39, 0.29) is 29.1 Å². The maximum Gasteiger partial charge on any atom is 0.307 e. The topological polar surface area (TPSA) is 107 Å². The summed E-state index contributed by atoms with van der Waals surface area (Å²) in [6.07, 6.45) is 1.12. The molecule has 8 heteroatoms. The predicted octanol–water partition coefficient (Wildman–Crippen LogP) is 1.70. The molecule has 0 fully saturated rings. The molecule has 7 nitrogen and oxygen atoms in total. The monoisotopic (exact) mass is 384 g/mol. The average molecular weight is 384 g/mol. The van der Waals surface area contributed by atoms with E-state index in [4.69, 9.17) is 9.88 Å². The minimum atomic E-state index is -3.72. The maximum absolute atomic E-state index is 12.4. The lowest BCUT2D eigenvalue weighted by Gasteiger charge is -2.23. The van der Waals surface area contributed by atoms with Crippen LogP contribution < -0.4 is 5.14 Å². The summed E-state index contributed by atoms with van der Waals surface area (Å²) < 4.78 is 27.5. The van der Waals surface area contributed by atoms with Gasteiger partial charge in [0, 0.05) is 19.5 Å². The lowest BCUT2D eigenvalue weighted by molar-refractivity contribution is -0.144. The van der Waals surface area contributed by atoms with Crippen molar-refractivity contribution in [2.75, 3.05) is 19.7 Å². The summed E-state index contributed by atoms with van der Waals surface area (Å²) in [4.78, 5) is 25.7. The molecule has 0 aliphatic carbocycles. The maximum atomic E-state index is 12.4. The molecule has 1 aromatic rings. The second-order valence-corrected chi connectivity index (χ2v) is 8.03. The van der Waals surface area contributed by atoms with Gasteiger partial charge in [-0.25, -0.2) is 13.6 Å². The molecule has 1 amide bonds. The Labute approximate surface area is 155 Å². The highest BCUT2D eigenvalue weighted by atomic mass is 32.2. The second kappa shape index (κ2) is 10.3. The van der Waals surface area contributed by atoms with Gasteiger partial charge in [-0.3, -0.25) is 9.59 Å². The standard InChI is InChI=1S/C18H28N2O5S/c1-4-25-18(22)10-12-20(17(21)13-14(2)3)11-9-15-5-7-16(8-6-15)26(19,23)24/h5-8,14H,4,9-13H2,1-3H3,(H2,19,23,24). The Balaban J connectivity index is 2.72. The van der Waals surface area contributed by atoms with Crippen LogP contribution in [0.4, 0.5) is 0 Å². The predicted molar refractivity (Wildman–Crippen MR) is 98.8 cm³/mol. The minimum absolute atomic E-state index is 0.00884. The number of hydrogen-bond donors (Lipinski definition) is 1. The van der Waals surface area contributed by atoms with Crippen LogP contribution in [0.2, 0.25) is 0 Å². The van der Waals surface area contributed by atoms with Gasteiger partial charge in [-0.05, 0) is 37.0 Å². The van der Waals surface area contributed by atoms with E-state index in [0.29, 0.717) is 32.5 Å². The largest absolute Gasteiger partial charge is 0.466 e. The van der Waals surface area contributed by atoms with Crippen LogP contribution in [-0.2, 0) is 30.8 Å². The number of benzene rings is 1. The van der Waals surface area contributed by atoms with Gasteiger partial charge in [-0.1, -0.05) is 26.0 Å². The normalized spacial score (nSPS) is 11.4. The number of primary sulfonamides is 1. The van der Waals surface area contributed by atoms with Crippen molar-refractivity contribution in [1.29, 1.82) is 0 Å². The molecule has 0 heterocycles. The first-order valence-electron chi connectivity index (χ1n) is 8.68. The number of nitrogens with zero attached hydrogens (tertiary/aromatic N) is 1. The van der Waals surface area contributed by atoms with E-state index in [1.807, 2.05) is 13.8 Å². The average Bonchev–Trinajstić information content (AvgIpc) is 2.54. The number of ether oxygens (including phenoxy) is 1. The lowest BCUT2D eigenvalue weighted by atomic mass is 10.1. The van der Waals surface area contributed by atoms with Crippen LogP contribution in [0.25, 0.3) is 0 Å². The van der Waals surface area contributed by atoms with Gasteiger partial charge in [0.15, 0.2) is 0 Å². The molecule has 1 rings (SSSR count). The molecule has 1 aromatic carbocycles. The van der Waals surface area contributed by atoms with Crippen LogP contribution in [0, 0.1) is 5.92 Å². The van der Waals surface area contributed by atoms with Crippen molar-refractivity contribution in [3.05, 3.63) is 29.8 Å². The quantitative estimate of drug-likeness (QED) is 0.618. The SMILES string of the molecule is CCOC(=O)CCN(CCc1ccc(S(N)(=O)=O)cc1)C(=O)CC(C)C. The Morgan fingerprint density at radius 1 is 1.15 bits per heavy atom. The van der Waals surface area contributed by atoms with Crippen molar-refractivity contribution in [2.45, 2.75) is 44.9 Å². The van der Waals surface area contributed by atoms with Gasteiger partial charge in [-0.15, -0.1) is 0 Å². The molecule has 0 aliphatic heterocycles. The van der Waals surface area contributed by atoms with Crippen molar-refractivity contribution >= 4 is 21.9 Å². The first-order chi connectivity index (χ1) is 12.1. The molecule has 0 saturated carbocycles. The fourth-order valence-corrected chi connectivity index (χ4v) is 2.92. The van der Waals surface area contributed by atoms with E-state index >= 15 is 0 Å². The van der Waals surface area contributed by atoms with Gasteiger partial charge in [-0.2, -0.15) is 0 Å². The van der Waals surface area contributed by atoms with Crippen LogP contribution in [0.15, 0.2) is 29.2 Å². The Kier molecular flexibility index (Phi) is 8.74. The van der Waals surface area contributed by atoms with Gasteiger partial charge < -0.3 is 9.64 Å².